The molecule has 140 valence electrons. The third-order valence-corrected chi connectivity index (χ3v) is 4.46. The first-order valence-corrected chi connectivity index (χ1v) is 8.03. The molecule has 1 atom stereocenters. The van der Waals surface area contributed by atoms with Crippen LogP contribution in [0, 0.1) is 11.6 Å². The second-order valence-electron chi connectivity index (χ2n) is 6.27. The van der Waals surface area contributed by atoms with Crippen LogP contribution in [-0.2, 0) is 21.6 Å². The van der Waals surface area contributed by atoms with Crippen LogP contribution < -0.4 is 5.32 Å². The molecule has 0 aliphatic carbocycles. The second-order valence-corrected chi connectivity index (χ2v) is 6.27. The number of nitrogens with one attached hydrogen (secondary N) is 1. The van der Waals surface area contributed by atoms with E-state index in [-0.39, 0.29) is 17.7 Å². The Bertz CT molecular complexity index is 947. The molecule has 1 aliphatic heterocycles. The van der Waals surface area contributed by atoms with E-state index in [1.54, 1.807) is 18.2 Å². The molecule has 1 aliphatic rings. The van der Waals surface area contributed by atoms with Crippen LogP contribution in [-0.4, -0.2) is 29.9 Å². The highest BCUT2D eigenvalue weighted by Gasteiger charge is 2.49. The number of rotatable bonds is 4. The topological polar surface area (TPSA) is 75.7 Å². The lowest BCUT2D eigenvalue weighted by Crippen LogP contribution is -2.41. The molecule has 2 aromatic rings. The third-order valence-electron chi connectivity index (χ3n) is 4.46. The zero-order valence-corrected chi connectivity index (χ0v) is 14.6. The smallest absolute Gasteiger partial charge is 0.337 e. The maximum absolute atomic E-state index is 13.6. The van der Waals surface area contributed by atoms with Gasteiger partial charge in [-0.25, -0.2) is 18.4 Å². The first kappa shape index (κ1) is 18.5. The lowest BCUT2D eigenvalue weighted by atomic mass is 9.92. The Morgan fingerprint density at radius 1 is 1.15 bits per heavy atom. The summed E-state index contributed by atoms with van der Waals surface area (Å²) in [6.45, 7) is 1.33. The molecule has 1 heterocycles. The monoisotopic (exact) mass is 374 g/mol. The average Bonchev–Trinajstić information content (AvgIpc) is 2.87. The Labute approximate surface area is 153 Å². The van der Waals surface area contributed by atoms with E-state index in [0.29, 0.717) is 5.56 Å². The van der Waals surface area contributed by atoms with Crippen molar-refractivity contribution < 1.29 is 27.9 Å². The number of esters is 1. The molecule has 0 aromatic heterocycles. The van der Waals surface area contributed by atoms with Crippen LogP contribution in [0.4, 0.5) is 13.6 Å². The van der Waals surface area contributed by atoms with Gasteiger partial charge >= 0.3 is 12.0 Å². The van der Waals surface area contributed by atoms with Crippen molar-refractivity contribution in [3.05, 3.63) is 70.8 Å². The van der Waals surface area contributed by atoms with Crippen molar-refractivity contribution in [3.63, 3.8) is 0 Å². The van der Waals surface area contributed by atoms with Gasteiger partial charge in [0.2, 0.25) is 0 Å². The number of amides is 3. The fourth-order valence-electron chi connectivity index (χ4n) is 2.94. The van der Waals surface area contributed by atoms with Crippen LogP contribution in [0.5, 0.6) is 0 Å². The van der Waals surface area contributed by atoms with Gasteiger partial charge in [-0.15, -0.1) is 0 Å². The second kappa shape index (κ2) is 6.79. The highest BCUT2D eigenvalue weighted by atomic mass is 19.2. The molecule has 3 rings (SSSR count). The minimum atomic E-state index is -1.52. The van der Waals surface area contributed by atoms with Crippen LogP contribution in [0.25, 0.3) is 0 Å². The average molecular weight is 374 g/mol. The van der Waals surface area contributed by atoms with Gasteiger partial charge in [-0.05, 0) is 42.3 Å². The minimum absolute atomic E-state index is 0.0885. The summed E-state index contributed by atoms with van der Waals surface area (Å²) in [5.74, 6) is -3.31. The Morgan fingerprint density at radius 3 is 2.56 bits per heavy atom. The molecule has 2 aromatic carbocycles. The van der Waals surface area contributed by atoms with Crippen molar-refractivity contribution >= 4 is 17.9 Å². The Hall–Kier alpha value is -3.29. The SMILES string of the molecule is COC(=O)c1cccc(CN2C(=O)N[C@](C)(c3ccc(F)c(F)c3)C2=O)c1. The molecule has 3 amide bonds. The van der Waals surface area contributed by atoms with Gasteiger partial charge in [0.05, 0.1) is 19.2 Å². The highest BCUT2D eigenvalue weighted by Crippen LogP contribution is 2.30. The molecule has 0 bridgehead atoms. The van der Waals surface area contributed by atoms with Gasteiger partial charge in [0.1, 0.15) is 5.54 Å². The zero-order chi connectivity index (χ0) is 19.8. The quantitative estimate of drug-likeness (QED) is 0.660. The molecule has 0 spiro atoms. The Balaban J connectivity index is 1.88. The number of halogens is 2. The summed E-state index contributed by atoms with van der Waals surface area (Å²) in [7, 11) is 1.25. The Morgan fingerprint density at radius 2 is 1.89 bits per heavy atom. The van der Waals surface area contributed by atoms with E-state index in [0.717, 1.165) is 17.0 Å². The molecule has 1 fully saturated rings. The summed E-state index contributed by atoms with van der Waals surface area (Å²) in [6, 6.07) is 8.68. The number of hydrogen-bond acceptors (Lipinski definition) is 4. The minimum Gasteiger partial charge on any atom is -0.465 e. The van der Waals surface area contributed by atoms with Crippen molar-refractivity contribution in [2.24, 2.45) is 0 Å². The third kappa shape index (κ3) is 3.25. The number of ether oxygens (including phenoxy) is 1. The summed E-state index contributed by atoms with van der Waals surface area (Å²) >= 11 is 0. The normalized spacial score (nSPS) is 19.2. The fourth-order valence-corrected chi connectivity index (χ4v) is 2.94. The zero-order valence-electron chi connectivity index (χ0n) is 14.6. The van der Waals surface area contributed by atoms with Crippen LogP contribution >= 0.6 is 0 Å². The molecule has 1 N–H and O–H groups in total. The molecular formula is C19H16F2N2O4. The maximum atomic E-state index is 13.6. The summed E-state index contributed by atoms with van der Waals surface area (Å²) in [6.07, 6.45) is 0. The molecule has 8 heteroatoms. The number of carbonyl (C=O) groups is 3. The molecular weight excluding hydrogens is 358 g/mol. The summed E-state index contributed by atoms with van der Waals surface area (Å²) in [5, 5.41) is 2.52. The van der Waals surface area contributed by atoms with Gasteiger partial charge < -0.3 is 10.1 Å². The number of imide groups is 1. The highest BCUT2D eigenvalue weighted by molar-refractivity contribution is 6.07. The first-order valence-electron chi connectivity index (χ1n) is 8.03. The van der Waals surface area contributed by atoms with Gasteiger partial charge in [0.15, 0.2) is 11.6 Å². The summed E-state index contributed by atoms with van der Waals surface area (Å²) < 4.78 is 31.4. The van der Waals surface area contributed by atoms with Crippen LogP contribution in [0.3, 0.4) is 0 Å². The molecule has 27 heavy (non-hydrogen) atoms. The van der Waals surface area contributed by atoms with Crippen molar-refractivity contribution in [1.82, 2.24) is 10.2 Å². The molecule has 0 radical (unpaired) electrons. The summed E-state index contributed by atoms with van der Waals surface area (Å²) in [4.78, 5) is 37.8. The number of urea groups is 1. The van der Waals surface area contributed by atoms with E-state index in [2.05, 4.69) is 10.1 Å². The number of hydrogen-bond donors (Lipinski definition) is 1. The molecule has 6 nitrogen and oxygen atoms in total. The number of benzene rings is 2. The van der Waals surface area contributed by atoms with Crippen LogP contribution in [0.2, 0.25) is 0 Å². The molecule has 1 saturated heterocycles. The fraction of sp³-hybridized carbons (Fsp3) is 0.211. The summed E-state index contributed by atoms with van der Waals surface area (Å²) in [5.41, 5.74) is -0.571. The lowest BCUT2D eigenvalue weighted by molar-refractivity contribution is -0.131. The number of nitrogens with zero attached hydrogens (tertiary/aromatic N) is 1. The van der Waals surface area contributed by atoms with Crippen molar-refractivity contribution in [2.45, 2.75) is 19.0 Å². The predicted molar refractivity (Wildman–Crippen MR) is 90.6 cm³/mol. The van der Waals surface area contributed by atoms with Gasteiger partial charge in [-0.2, -0.15) is 0 Å². The van der Waals surface area contributed by atoms with E-state index in [1.165, 1.54) is 26.2 Å². The van der Waals surface area contributed by atoms with E-state index in [9.17, 15) is 23.2 Å². The van der Waals surface area contributed by atoms with Crippen LogP contribution in [0.1, 0.15) is 28.4 Å². The molecule has 0 saturated carbocycles. The standard InChI is InChI=1S/C19H16F2N2O4/c1-19(13-6-7-14(20)15(21)9-13)17(25)23(18(26)22-19)10-11-4-3-5-12(8-11)16(24)27-2/h3-9H,10H2,1-2H3,(H,22,26)/t19-/m1/s1. The van der Waals surface area contributed by atoms with E-state index < -0.39 is 35.1 Å². The largest absolute Gasteiger partial charge is 0.465 e. The van der Waals surface area contributed by atoms with E-state index >= 15 is 0 Å². The van der Waals surface area contributed by atoms with Crippen molar-refractivity contribution in [1.29, 1.82) is 0 Å². The van der Waals surface area contributed by atoms with Crippen molar-refractivity contribution in [3.8, 4) is 0 Å². The lowest BCUT2D eigenvalue weighted by Gasteiger charge is -2.22. The molecule has 0 unspecified atom stereocenters. The van der Waals surface area contributed by atoms with Gasteiger partial charge in [-0.3, -0.25) is 9.69 Å². The van der Waals surface area contributed by atoms with Gasteiger partial charge in [0.25, 0.3) is 5.91 Å². The van der Waals surface area contributed by atoms with Crippen molar-refractivity contribution in [2.75, 3.05) is 7.11 Å². The van der Waals surface area contributed by atoms with Crippen LogP contribution in [0.15, 0.2) is 42.5 Å². The number of carbonyl (C=O) groups excluding carboxylic acids is 3. The van der Waals surface area contributed by atoms with E-state index in [1.807, 2.05) is 0 Å². The number of methoxy groups -OCH3 is 1. The first-order chi connectivity index (χ1) is 12.8. The van der Waals surface area contributed by atoms with Gasteiger partial charge in [0, 0.05) is 0 Å². The van der Waals surface area contributed by atoms with Gasteiger partial charge in [-0.1, -0.05) is 18.2 Å². The maximum Gasteiger partial charge on any atom is 0.337 e. The Kier molecular flexibility index (Phi) is 4.65. The van der Waals surface area contributed by atoms with E-state index in [4.69, 9.17) is 0 Å². The predicted octanol–water partition coefficient (Wildman–Crippen LogP) is 2.72.